The van der Waals surface area contributed by atoms with Gasteiger partial charge in [0.25, 0.3) is 0 Å². The lowest BCUT2D eigenvalue weighted by Gasteiger charge is -2.07. The highest BCUT2D eigenvalue weighted by Crippen LogP contribution is 2.14. The molecule has 10 heteroatoms. The lowest BCUT2D eigenvalue weighted by molar-refractivity contribution is -0.146. The largest absolute Gasteiger partial charge is 0.463 e. The van der Waals surface area contributed by atoms with Crippen LogP contribution in [0.1, 0.15) is 24.8 Å². The topological polar surface area (TPSA) is 102 Å². The van der Waals surface area contributed by atoms with Gasteiger partial charge in [-0.05, 0) is 18.6 Å². The van der Waals surface area contributed by atoms with E-state index in [9.17, 15) is 9.59 Å². The summed E-state index contributed by atoms with van der Waals surface area (Å²) in [7, 11) is 1.51. The number of methoxy groups -OCH3 is 1. The van der Waals surface area contributed by atoms with Crippen molar-refractivity contribution in [2.24, 2.45) is 0 Å². The van der Waals surface area contributed by atoms with Gasteiger partial charge < -0.3 is 20.1 Å². The maximum Gasteiger partial charge on any atom is 0.306 e. The number of carbonyl (C=O) groups is 2. The summed E-state index contributed by atoms with van der Waals surface area (Å²) < 4.78 is 9.58. The van der Waals surface area contributed by atoms with Crippen LogP contribution in [-0.4, -0.2) is 47.5 Å². The molecule has 0 radical (unpaired) electrons. The average Bonchev–Trinajstić information content (AvgIpc) is 2.92. The Morgan fingerprint density at radius 3 is 2.68 bits per heavy atom. The third kappa shape index (κ3) is 7.38. The minimum Gasteiger partial charge on any atom is -0.463 e. The third-order valence-electron chi connectivity index (χ3n) is 2.35. The second kappa shape index (κ2) is 10.1. The summed E-state index contributed by atoms with van der Waals surface area (Å²) in [6.45, 7) is 2.47. The van der Waals surface area contributed by atoms with Crippen molar-refractivity contribution < 1.29 is 19.1 Å². The highest BCUT2D eigenvalue weighted by Gasteiger charge is 2.11. The van der Waals surface area contributed by atoms with Gasteiger partial charge >= 0.3 is 5.97 Å². The van der Waals surface area contributed by atoms with Crippen LogP contribution < -0.4 is 10.6 Å². The molecule has 0 aliphatic heterocycles. The zero-order chi connectivity index (χ0) is 16.4. The van der Waals surface area contributed by atoms with Crippen molar-refractivity contribution in [3.8, 4) is 0 Å². The standard InChI is InChI=1S/C12H18N4O4S2/c1-3-9-15-16-12(22-9)14-11(21)13-8(17)4-5-10(18)20-7-6-19-2/h3-7H2,1-2H3,(H2,13,14,16,17,21). The molecule has 0 saturated heterocycles. The van der Waals surface area contributed by atoms with Gasteiger partial charge in [-0.25, -0.2) is 0 Å². The lowest BCUT2D eigenvalue weighted by atomic mass is 10.3. The smallest absolute Gasteiger partial charge is 0.306 e. The van der Waals surface area contributed by atoms with Crippen molar-refractivity contribution in [2.75, 3.05) is 25.6 Å². The summed E-state index contributed by atoms with van der Waals surface area (Å²) in [5, 5.41) is 14.5. The van der Waals surface area contributed by atoms with Gasteiger partial charge in [-0.2, -0.15) is 0 Å². The molecule has 0 aromatic carbocycles. The normalized spacial score (nSPS) is 10.1. The summed E-state index contributed by atoms with van der Waals surface area (Å²) in [6.07, 6.45) is 0.755. The van der Waals surface area contributed by atoms with Gasteiger partial charge in [-0.1, -0.05) is 18.3 Å². The molecule has 0 unspecified atom stereocenters. The van der Waals surface area contributed by atoms with Crippen LogP contribution in [0.15, 0.2) is 0 Å². The monoisotopic (exact) mass is 346 g/mol. The molecule has 0 aliphatic carbocycles. The van der Waals surface area contributed by atoms with E-state index < -0.39 is 5.97 Å². The first-order valence-corrected chi connectivity index (χ1v) is 7.85. The van der Waals surface area contributed by atoms with E-state index in [-0.39, 0.29) is 30.5 Å². The number of hydrogen-bond acceptors (Lipinski definition) is 8. The summed E-state index contributed by atoms with van der Waals surface area (Å²) in [5.74, 6) is -0.829. The number of nitrogens with zero attached hydrogens (tertiary/aromatic N) is 2. The Balaban J connectivity index is 2.23. The number of thiocarbonyl (C=S) groups is 1. The Bertz CT molecular complexity index is 521. The van der Waals surface area contributed by atoms with Crippen molar-refractivity contribution in [1.82, 2.24) is 15.5 Å². The van der Waals surface area contributed by atoms with Crippen LogP contribution in [0.25, 0.3) is 0 Å². The predicted octanol–water partition coefficient (Wildman–Crippen LogP) is 0.883. The van der Waals surface area contributed by atoms with Crippen LogP contribution in [0, 0.1) is 0 Å². The molecular formula is C12H18N4O4S2. The predicted molar refractivity (Wildman–Crippen MR) is 85.7 cm³/mol. The van der Waals surface area contributed by atoms with Crippen molar-refractivity contribution in [3.05, 3.63) is 5.01 Å². The number of amides is 1. The molecule has 1 amide bonds. The van der Waals surface area contributed by atoms with E-state index in [0.29, 0.717) is 11.7 Å². The maximum atomic E-state index is 11.6. The number of ether oxygens (including phenoxy) is 2. The molecule has 122 valence electrons. The number of carbonyl (C=O) groups excluding carboxylic acids is 2. The number of rotatable bonds is 8. The molecule has 22 heavy (non-hydrogen) atoms. The number of aryl methyl sites for hydroxylation is 1. The van der Waals surface area contributed by atoms with Gasteiger partial charge in [0.1, 0.15) is 11.6 Å². The maximum absolute atomic E-state index is 11.6. The highest BCUT2D eigenvalue weighted by molar-refractivity contribution is 7.80. The van der Waals surface area contributed by atoms with Gasteiger partial charge in [0.05, 0.1) is 13.0 Å². The summed E-state index contributed by atoms with van der Waals surface area (Å²) in [5.41, 5.74) is 0. The number of hydrogen-bond donors (Lipinski definition) is 2. The Hall–Kier alpha value is -1.65. The molecule has 0 aliphatic rings. The SMILES string of the molecule is CCc1nnc(NC(=S)NC(=O)CCC(=O)OCCOC)s1. The summed E-state index contributed by atoms with van der Waals surface area (Å²) in [6, 6.07) is 0. The van der Waals surface area contributed by atoms with Gasteiger partial charge in [0.2, 0.25) is 11.0 Å². The van der Waals surface area contributed by atoms with Crippen molar-refractivity contribution in [2.45, 2.75) is 26.2 Å². The number of esters is 1. The number of aromatic nitrogens is 2. The molecule has 1 aromatic heterocycles. The first-order chi connectivity index (χ1) is 10.5. The Morgan fingerprint density at radius 1 is 1.27 bits per heavy atom. The van der Waals surface area contributed by atoms with Crippen LogP contribution in [0.2, 0.25) is 0 Å². The fraction of sp³-hybridized carbons (Fsp3) is 0.583. The number of nitrogens with one attached hydrogen (secondary N) is 2. The van der Waals surface area contributed by atoms with E-state index >= 15 is 0 Å². The molecule has 0 bridgehead atoms. The van der Waals surface area contributed by atoms with Crippen LogP contribution in [-0.2, 0) is 25.5 Å². The molecule has 0 spiro atoms. The summed E-state index contributed by atoms with van der Waals surface area (Å²) in [4.78, 5) is 22.9. The first-order valence-electron chi connectivity index (χ1n) is 6.63. The van der Waals surface area contributed by atoms with E-state index in [4.69, 9.17) is 21.7 Å². The highest BCUT2D eigenvalue weighted by atomic mass is 32.1. The third-order valence-corrected chi connectivity index (χ3v) is 3.54. The van der Waals surface area contributed by atoms with Crippen molar-refractivity contribution in [3.63, 3.8) is 0 Å². The average molecular weight is 346 g/mol. The molecule has 8 nitrogen and oxygen atoms in total. The molecule has 2 N–H and O–H groups in total. The van der Waals surface area contributed by atoms with E-state index in [1.807, 2.05) is 6.92 Å². The van der Waals surface area contributed by atoms with Crippen molar-refractivity contribution >= 4 is 45.7 Å². The van der Waals surface area contributed by atoms with E-state index in [1.165, 1.54) is 18.4 Å². The van der Waals surface area contributed by atoms with Crippen LogP contribution in [0.4, 0.5) is 5.13 Å². The molecular weight excluding hydrogens is 328 g/mol. The molecule has 0 saturated carbocycles. The van der Waals surface area contributed by atoms with E-state index in [2.05, 4.69) is 20.8 Å². The minimum absolute atomic E-state index is 0.00996. The minimum atomic E-state index is -0.456. The van der Waals surface area contributed by atoms with Crippen LogP contribution in [0.5, 0.6) is 0 Å². The number of anilines is 1. The zero-order valence-corrected chi connectivity index (χ0v) is 14.0. The summed E-state index contributed by atoms with van der Waals surface area (Å²) >= 11 is 6.35. The first kappa shape index (κ1) is 18.4. The lowest BCUT2D eigenvalue weighted by Crippen LogP contribution is -2.34. The Kier molecular flexibility index (Phi) is 8.48. The van der Waals surface area contributed by atoms with Gasteiger partial charge in [0, 0.05) is 13.5 Å². The second-order valence-electron chi connectivity index (χ2n) is 4.07. The fourth-order valence-electron chi connectivity index (χ4n) is 1.29. The zero-order valence-electron chi connectivity index (χ0n) is 12.4. The Morgan fingerprint density at radius 2 is 2.05 bits per heavy atom. The van der Waals surface area contributed by atoms with E-state index in [0.717, 1.165) is 11.4 Å². The quantitative estimate of drug-likeness (QED) is 0.406. The van der Waals surface area contributed by atoms with E-state index in [1.54, 1.807) is 0 Å². The van der Waals surface area contributed by atoms with Crippen LogP contribution >= 0.6 is 23.6 Å². The van der Waals surface area contributed by atoms with Crippen LogP contribution in [0.3, 0.4) is 0 Å². The van der Waals surface area contributed by atoms with Gasteiger partial charge in [0.15, 0.2) is 5.11 Å². The molecule has 1 heterocycles. The molecule has 1 rings (SSSR count). The molecule has 0 atom stereocenters. The van der Waals surface area contributed by atoms with Gasteiger partial charge in [-0.15, -0.1) is 10.2 Å². The van der Waals surface area contributed by atoms with Crippen molar-refractivity contribution in [1.29, 1.82) is 0 Å². The molecule has 0 fully saturated rings. The Labute approximate surface area is 137 Å². The molecule has 1 aromatic rings. The van der Waals surface area contributed by atoms with Gasteiger partial charge in [-0.3, -0.25) is 9.59 Å². The fourth-order valence-corrected chi connectivity index (χ4v) is 2.25. The second-order valence-corrected chi connectivity index (χ2v) is 5.54.